The van der Waals surface area contributed by atoms with Gasteiger partial charge in [0.2, 0.25) is 0 Å². The maximum atomic E-state index is 11.8. The summed E-state index contributed by atoms with van der Waals surface area (Å²) in [6.45, 7) is 1.57. The molecule has 1 aliphatic heterocycles. The van der Waals surface area contributed by atoms with E-state index < -0.39 is 11.8 Å². The lowest BCUT2D eigenvalue weighted by Gasteiger charge is -2.31. The van der Waals surface area contributed by atoms with Crippen LogP contribution in [0.3, 0.4) is 0 Å². The smallest absolute Gasteiger partial charge is 0.312 e. The number of nitrogens with zero attached hydrogens (tertiary/aromatic N) is 2. The number of rotatable bonds is 3. The zero-order valence-corrected chi connectivity index (χ0v) is 10.3. The molecule has 1 heterocycles. The van der Waals surface area contributed by atoms with Crippen LogP contribution < -0.4 is 0 Å². The summed E-state index contributed by atoms with van der Waals surface area (Å²) in [5.74, 6) is -0.900. The summed E-state index contributed by atoms with van der Waals surface area (Å²) in [5, 5.41) is 8.94. The third-order valence-corrected chi connectivity index (χ3v) is 3.10. The molecule has 5 nitrogen and oxygen atoms in total. The minimum absolute atomic E-state index is 0.00616. The van der Waals surface area contributed by atoms with Crippen LogP contribution in [0.25, 0.3) is 0 Å². The first-order valence-corrected chi connectivity index (χ1v) is 5.85. The molecule has 0 aromatic heterocycles. The SMILES string of the molecule is CN1CCN(Cc2ccc(CO)cc2)C(=O)C1=O. The molecule has 2 rings (SSSR count). The van der Waals surface area contributed by atoms with Gasteiger partial charge in [-0.25, -0.2) is 0 Å². The fraction of sp³-hybridized carbons (Fsp3) is 0.385. The van der Waals surface area contributed by atoms with Gasteiger partial charge in [-0.15, -0.1) is 0 Å². The lowest BCUT2D eigenvalue weighted by atomic mass is 10.1. The highest BCUT2D eigenvalue weighted by Gasteiger charge is 2.29. The van der Waals surface area contributed by atoms with Crippen LogP contribution in [0.5, 0.6) is 0 Å². The number of hydrogen-bond acceptors (Lipinski definition) is 3. The first kappa shape index (κ1) is 12.6. The van der Waals surface area contributed by atoms with Gasteiger partial charge in [-0.1, -0.05) is 24.3 Å². The van der Waals surface area contributed by atoms with Gasteiger partial charge in [0.15, 0.2) is 0 Å². The Kier molecular flexibility index (Phi) is 3.62. The van der Waals surface area contributed by atoms with Crippen molar-refractivity contribution in [2.45, 2.75) is 13.2 Å². The fourth-order valence-electron chi connectivity index (χ4n) is 1.89. The predicted octanol–water partition coefficient (Wildman–Crippen LogP) is -0.0205. The van der Waals surface area contributed by atoms with Crippen molar-refractivity contribution >= 4 is 11.8 Å². The predicted molar refractivity (Wildman–Crippen MR) is 65.4 cm³/mol. The number of likely N-dealkylation sites (N-methyl/N-ethyl adjacent to an activating group) is 1. The highest BCUT2D eigenvalue weighted by Crippen LogP contribution is 2.11. The standard InChI is InChI=1S/C13H16N2O3/c1-14-6-7-15(13(18)12(14)17)8-10-2-4-11(9-16)5-3-10/h2-5,16H,6-9H2,1H3. The zero-order chi connectivity index (χ0) is 13.1. The molecule has 0 bridgehead atoms. The lowest BCUT2D eigenvalue weighted by molar-refractivity contribution is -0.155. The minimum Gasteiger partial charge on any atom is -0.392 e. The van der Waals surface area contributed by atoms with Crippen LogP contribution in [0.4, 0.5) is 0 Å². The van der Waals surface area contributed by atoms with Gasteiger partial charge in [0.1, 0.15) is 0 Å². The van der Waals surface area contributed by atoms with E-state index in [9.17, 15) is 9.59 Å². The Labute approximate surface area is 106 Å². The molecule has 1 aliphatic rings. The highest BCUT2D eigenvalue weighted by molar-refractivity contribution is 6.35. The van der Waals surface area contributed by atoms with Crippen LogP contribution >= 0.6 is 0 Å². The second-order valence-electron chi connectivity index (χ2n) is 4.43. The molecule has 1 fully saturated rings. The number of carbonyl (C=O) groups excluding carboxylic acids is 2. The van der Waals surface area contributed by atoms with Crippen LogP contribution in [0.15, 0.2) is 24.3 Å². The molecule has 0 saturated carbocycles. The molecule has 0 atom stereocenters. The molecule has 1 N–H and O–H groups in total. The average molecular weight is 248 g/mol. The van der Waals surface area contributed by atoms with Crippen LogP contribution in [0, 0.1) is 0 Å². The summed E-state index contributed by atoms with van der Waals surface area (Å²) in [6.07, 6.45) is 0. The van der Waals surface area contributed by atoms with Crippen molar-refractivity contribution in [3.05, 3.63) is 35.4 Å². The van der Waals surface area contributed by atoms with Crippen molar-refractivity contribution in [1.29, 1.82) is 0 Å². The molecular weight excluding hydrogens is 232 g/mol. The second kappa shape index (κ2) is 5.18. The van der Waals surface area contributed by atoms with E-state index in [-0.39, 0.29) is 6.61 Å². The second-order valence-corrected chi connectivity index (χ2v) is 4.43. The first-order chi connectivity index (χ1) is 8.61. The van der Waals surface area contributed by atoms with Gasteiger partial charge >= 0.3 is 11.8 Å². The van der Waals surface area contributed by atoms with Crippen LogP contribution in [-0.2, 0) is 22.7 Å². The van der Waals surface area contributed by atoms with E-state index in [1.54, 1.807) is 11.9 Å². The highest BCUT2D eigenvalue weighted by atomic mass is 16.3. The molecule has 0 spiro atoms. The van der Waals surface area contributed by atoms with Crippen LogP contribution in [0.1, 0.15) is 11.1 Å². The van der Waals surface area contributed by atoms with E-state index in [2.05, 4.69) is 0 Å². The number of aliphatic hydroxyl groups is 1. The first-order valence-electron chi connectivity index (χ1n) is 5.85. The van der Waals surface area contributed by atoms with E-state index in [0.29, 0.717) is 19.6 Å². The van der Waals surface area contributed by atoms with Crippen molar-refractivity contribution in [1.82, 2.24) is 9.80 Å². The molecule has 1 aromatic carbocycles. The van der Waals surface area contributed by atoms with E-state index in [1.807, 2.05) is 24.3 Å². The van der Waals surface area contributed by atoms with Gasteiger partial charge in [0.25, 0.3) is 0 Å². The van der Waals surface area contributed by atoms with Crippen molar-refractivity contribution in [2.75, 3.05) is 20.1 Å². The molecule has 5 heteroatoms. The summed E-state index contributed by atoms with van der Waals surface area (Å²) in [7, 11) is 1.63. The summed E-state index contributed by atoms with van der Waals surface area (Å²) in [4.78, 5) is 26.3. The molecule has 1 saturated heterocycles. The molecule has 0 radical (unpaired) electrons. The third-order valence-electron chi connectivity index (χ3n) is 3.10. The fourth-order valence-corrected chi connectivity index (χ4v) is 1.89. The Bertz CT molecular complexity index is 456. The number of carbonyl (C=O) groups is 2. The Morgan fingerprint density at radius 2 is 1.67 bits per heavy atom. The zero-order valence-electron chi connectivity index (χ0n) is 10.3. The molecule has 96 valence electrons. The lowest BCUT2D eigenvalue weighted by Crippen LogP contribution is -2.52. The van der Waals surface area contributed by atoms with E-state index in [1.165, 1.54) is 4.90 Å². The normalized spacial score (nSPS) is 16.3. The van der Waals surface area contributed by atoms with Crippen molar-refractivity contribution in [2.24, 2.45) is 0 Å². The summed E-state index contributed by atoms with van der Waals surface area (Å²) >= 11 is 0. The molecular formula is C13H16N2O3. The maximum Gasteiger partial charge on any atom is 0.312 e. The van der Waals surface area contributed by atoms with Gasteiger partial charge in [-0.3, -0.25) is 9.59 Å². The van der Waals surface area contributed by atoms with E-state index in [0.717, 1.165) is 11.1 Å². The van der Waals surface area contributed by atoms with Crippen LogP contribution in [0.2, 0.25) is 0 Å². The van der Waals surface area contributed by atoms with Crippen molar-refractivity contribution in [3.8, 4) is 0 Å². The van der Waals surface area contributed by atoms with Crippen LogP contribution in [-0.4, -0.2) is 46.9 Å². The Hall–Kier alpha value is -1.88. The quantitative estimate of drug-likeness (QED) is 0.765. The topological polar surface area (TPSA) is 60.9 Å². The van der Waals surface area contributed by atoms with Crippen molar-refractivity contribution < 1.29 is 14.7 Å². The molecule has 1 aromatic rings. The number of aliphatic hydroxyl groups excluding tert-OH is 1. The van der Waals surface area contributed by atoms with Gasteiger partial charge in [0, 0.05) is 26.7 Å². The minimum atomic E-state index is -0.451. The summed E-state index contributed by atoms with van der Waals surface area (Å²) in [5.41, 5.74) is 1.79. The average Bonchev–Trinajstić information content (AvgIpc) is 2.40. The molecule has 0 unspecified atom stereocenters. The summed E-state index contributed by atoms with van der Waals surface area (Å²) < 4.78 is 0. The Morgan fingerprint density at radius 1 is 1.06 bits per heavy atom. The van der Waals surface area contributed by atoms with E-state index >= 15 is 0 Å². The Balaban J connectivity index is 2.04. The number of piperazine rings is 1. The molecule has 2 amide bonds. The number of amides is 2. The monoisotopic (exact) mass is 248 g/mol. The maximum absolute atomic E-state index is 11.8. The number of hydrogen-bond donors (Lipinski definition) is 1. The van der Waals surface area contributed by atoms with Gasteiger partial charge in [0.05, 0.1) is 6.61 Å². The summed E-state index contributed by atoms with van der Waals surface area (Å²) in [6, 6.07) is 7.36. The van der Waals surface area contributed by atoms with Crippen molar-refractivity contribution in [3.63, 3.8) is 0 Å². The third kappa shape index (κ3) is 2.51. The molecule has 18 heavy (non-hydrogen) atoms. The van der Waals surface area contributed by atoms with Gasteiger partial charge < -0.3 is 14.9 Å². The van der Waals surface area contributed by atoms with Gasteiger partial charge in [-0.05, 0) is 11.1 Å². The number of benzene rings is 1. The van der Waals surface area contributed by atoms with E-state index in [4.69, 9.17) is 5.11 Å². The Morgan fingerprint density at radius 3 is 2.28 bits per heavy atom. The molecule has 0 aliphatic carbocycles. The van der Waals surface area contributed by atoms with Gasteiger partial charge in [-0.2, -0.15) is 0 Å². The largest absolute Gasteiger partial charge is 0.392 e.